The molecular formula is C18H18N2O. The number of rotatable bonds is 2. The van der Waals surface area contributed by atoms with Crippen molar-refractivity contribution < 1.29 is 4.79 Å². The summed E-state index contributed by atoms with van der Waals surface area (Å²) in [5.74, 6) is 0.504. The second-order valence-electron chi connectivity index (χ2n) is 5.96. The van der Waals surface area contributed by atoms with Crippen molar-refractivity contribution in [2.75, 3.05) is 0 Å². The lowest BCUT2D eigenvalue weighted by Gasteiger charge is -2.18. The molecule has 0 bridgehead atoms. The Morgan fingerprint density at radius 3 is 2.81 bits per heavy atom. The summed E-state index contributed by atoms with van der Waals surface area (Å²) in [7, 11) is 0. The van der Waals surface area contributed by atoms with Crippen molar-refractivity contribution in [3.8, 4) is 0 Å². The Bertz CT molecular complexity index is 856. The van der Waals surface area contributed by atoms with Crippen LogP contribution in [0.15, 0.2) is 36.8 Å². The Hall–Kier alpha value is -2.16. The SMILES string of the molecule is O=C(/C=c1/c2ccccc2n2cncc12)C1CCCCC1. The number of para-hydroxylation sites is 1. The zero-order valence-electron chi connectivity index (χ0n) is 12.0. The molecule has 0 unspecified atom stereocenters. The molecule has 3 nitrogen and oxygen atoms in total. The number of hydrogen-bond acceptors (Lipinski definition) is 2. The van der Waals surface area contributed by atoms with Crippen LogP contribution in [0, 0.1) is 5.92 Å². The fourth-order valence-electron chi connectivity index (χ4n) is 3.53. The number of fused-ring (bicyclic) bond motifs is 3. The molecule has 1 aliphatic rings. The monoisotopic (exact) mass is 278 g/mol. The Morgan fingerprint density at radius 1 is 1.14 bits per heavy atom. The number of ketones is 1. The highest BCUT2D eigenvalue weighted by Gasteiger charge is 2.19. The molecule has 0 aliphatic heterocycles. The first-order valence-corrected chi connectivity index (χ1v) is 7.72. The largest absolute Gasteiger partial charge is 0.298 e. The summed E-state index contributed by atoms with van der Waals surface area (Å²) in [5, 5.41) is 2.16. The lowest BCUT2D eigenvalue weighted by atomic mass is 9.86. The number of nitrogens with zero attached hydrogens (tertiary/aromatic N) is 2. The molecule has 0 radical (unpaired) electrons. The van der Waals surface area contributed by atoms with Crippen LogP contribution >= 0.6 is 0 Å². The van der Waals surface area contributed by atoms with E-state index in [4.69, 9.17) is 0 Å². The number of carbonyl (C=O) groups excluding carboxylic acids is 1. The number of aromatic nitrogens is 2. The van der Waals surface area contributed by atoms with Crippen molar-refractivity contribution in [3.63, 3.8) is 0 Å². The summed E-state index contributed by atoms with van der Waals surface area (Å²) in [6.07, 6.45) is 11.3. The third-order valence-corrected chi connectivity index (χ3v) is 4.66. The Kier molecular flexibility index (Phi) is 2.99. The van der Waals surface area contributed by atoms with Crippen molar-refractivity contribution in [2.45, 2.75) is 32.1 Å². The van der Waals surface area contributed by atoms with Gasteiger partial charge in [-0.15, -0.1) is 0 Å². The molecule has 0 saturated heterocycles. The van der Waals surface area contributed by atoms with Crippen LogP contribution in [0.4, 0.5) is 0 Å². The normalized spacial score (nSPS) is 17.8. The minimum absolute atomic E-state index is 0.218. The van der Waals surface area contributed by atoms with Crippen molar-refractivity contribution in [2.24, 2.45) is 5.92 Å². The van der Waals surface area contributed by atoms with Gasteiger partial charge >= 0.3 is 0 Å². The van der Waals surface area contributed by atoms with Crippen LogP contribution in [0.25, 0.3) is 22.5 Å². The molecule has 0 atom stereocenters. The van der Waals surface area contributed by atoms with Crippen LogP contribution in [0.2, 0.25) is 0 Å². The third kappa shape index (κ3) is 2.04. The summed E-state index contributed by atoms with van der Waals surface area (Å²) in [5.41, 5.74) is 2.15. The molecule has 2 aromatic heterocycles. The van der Waals surface area contributed by atoms with Gasteiger partial charge < -0.3 is 0 Å². The van der Waals surface area contributed by atoms with E-state index in [1.165, 1.54) is 19.3 Å². The van der Waals surface area contributed by atoms with Gasteiger partial charge in [-0.3, -0.25) is 9.20 Å². The van der Waals surface area contributed by atoms with Crippen LogP contribution in [0.1, 0.15) is 32.1 Å². The quantitative estimate of drug-likeness (QED) is 0.721. The van der Waals surface area contributed by atoms with Crippen LogP contribution in [0.3, 0.4) is 0 Å². The molecule has 3 heteroatoms. The minimum atomic E-state index is 0.218. The lowest BCUT2D eigenvalue weighted by molar-refractivity contribution is -0.117. The maximum absolute atomic E-state index is 12.6. The van der Waals surface area contributed by atoms with Crippen LogP contribution in [0.5, 0.6) is 0 Å². The van der Waals surface area contributed by atoms with E-state index in [1.54, 1.807) is 0 Å². The molecule has 1 fully saturated rings. The summed E-state index contributed by atoms with van der Waals surface area (Å²) in [4.78, 5) is 16.8. The minimum Gasteiger partial charge on any atom is -0.298 e. The fourth-order valence-corrected chi connectivity index (χ4v) is 3.53. The van der Waals surface area contributed by atoms with Crippen LogP contribution in [-0.4, -0.2) is 15.2 Å². The maximum Gasteiger partial charge on any atom is 0.159 e. The van der Waals surface area contributed by atoms with Gasteiger partial charge in [0.15, 0.2) is 5.78 Å². The van der Waals surface area contributed by atoms with Crippen molar-refractivity contribution in [3.05, 3.63) is 42.0 Å². The maximum atomic E-state index is 12.6. The van der Waals surface area contributed by atoms with E-state index in [2.05, 4.69) is 21.5 Å². The summed E-state index contributed by atoms with van der Waals surface area (Å²) < 4.78 is 2.06. The molecule has 0 amide bonds. The van der Waals surface area contributed by atoms with Gasteiger partial charge in [-0.05, 0) is 25.0 Å². The van der Waals surface area contributed by atoms with E-state index >= 15 is 0 Å². The highest BCUT2D eigenvalue weighted by Crippen LogP contribution is 2.25. The molecule has 0 N–H and O–H groups in total. The Labute approximate surface area is 123 Å². The molecule has 2 heterocycles. The van der Waals surface area contributed by atoms with E-state index < -0.39 is 0 Å². The molecule has 4 rings (SSSR count). The van der Waals surface area contributed by atoms with Crippen LogP contribution < -0.4 is 5.22 Å². The van der Waals surface area contributed by atoms with Gasteiger partial charge in [-0.1, -0.05) is 37.5 Å². The highest BCUT2D eigenvalue weighted by atomic mass is 16.1. The Balaban J connectivity index is 1.89. The summed E-state index contributed by atoms with van der Waals surface area (Å²) in [6.45, 7) is 0. The molecule has 1 aliphatic carbocycles. The first kappa shape index (κ1) is 12.6. The second kappa shape index (κ2) is 4.99. The standard InChI is InChI=1S/C18H18N2O/c21-18(13-6-2-1-3-7-13)10-15-14-8-4-5-9-16(14)20-12-19-11-17(15)20/h4-5,8-13H,1-3,6-7H2/b15-10-. The van der Waals surface area contributed by atoms with Crippen molar-refractivity contribution >= 4 is 28.3 Å². The predicted octanol–water partition coefficient (Wildman–Crippen LogP) is 3.14. The second-order valence-corrected chi connectivity index (χ2v) is 5.96. The fraction of sp³-hybridized carbons (Fsp3) is 0.333. The van der Waals surface area contributed by atoms with Gasteiger partial charge in [0.25, 0.3) is 0 Å². The lowest BCUT2D eigenvalue weighted by Crippen LogP contribution is -2.17. The number of Topliss-reactive ketones (excluding diaryl/α,β-unsaturated/α-hetero) is 1. The number of imidazole rings is 1. The number of hydrogen-bond donors (Lipinski definition) is 0. The molecular weight excluding hydrogens is 260 g/mol. The molecule has 0 spiro atoms. The highest BCUT2D eigenvalue weighted by molar-refractivity contribution is 6.10. The van der Waals surface area contributed by atoms with E-state index in [0.717, 1.165) is 34.5 Å². The zero-order valence-corrected chi connectivity index (χ0v) is 12.0. The third-order valence-electron chi connectivity index (χ3n) is 4.66. The smallest absolute Gasteiger partial charge is 0.159 e. The average Bonchev–Trinajstić information content (AvgIpc) is 3.11. The topological polar surface area (TPSA) is 34.4 Å². The van der Waals surface area contributed by atoms with Gasteiger partial charge in [0.1, 0.15) is 0 Å². The van der Waals surface area contributed by atoms with E-state index in [1.807, 2.05) is 30.7 Å². The number of carbonyl (C=O) groups is 1. The van der Waals surface area contributed by atoms with Crippen molar-refractivity contribution in [1.82, 2.24) is 9.38 Å². The average molecular weight is 278 g/mol. The first-order chi connectivity index (χ1) is 10.3. The van der Waals surface area contributed by atoms with E-state index in [9.17, 15) is 4.79 Å². The van der Waals surface area contributed by atoms with Gasteiger partial charge in [0, 0.05) is 16.5 Å². The van der Waals surface area contributed by atoms with Crippen LogP contribution in [-0.2, 0) is 4.79 Å². The van der Waals surface area contributed by atoms with Gasteiger partial charge in [0.2, 0.25) is 0 Å². The van der Waals surface area contributed by atoms with E-state index in [0.29, 0.717) is 0 Å². The summed E-state index contributed by atoms with van der Waals surface area (Å²) in [6, 6.07) is 8.21. The zero-order chi connectivity index (χ0) is 14.2. The van der Waals surface area contributed by atoms with Gasteiger partial charge in [0.05, 0.1) is 23.6 Å². The molecule has 1 saturated carbocycles. The van der Waals surface area contributed by atoms with Gasteiger partial charge in [-0.25, -0.2) is 4.98 Å². The molecule has 106 valence electrons. The van der Waals surface area contributed by atoms with E-state index in [-0.39, 0.29) is 11.7 Å². The predicted molar refractivity (Wildman–Crippen MR) is 84.0 cm³/mol. The first-order valence-electron chi connectivity index (χ1n) is 7.72. The molecule has 21 heavy (non-hydrogen) atoms. The number of benzene rings is 1. The van der Waals surface area contributed by atoms with Crippen molar-refractivity contribution in [1.29, 1.82) is 0 Å². The Morgan fingerprint density at radius 2 is 1.95 bits per heavy atom. The summed E-state index contributed by atoms with van der Waals surface area (Å²) >= 11 is 0. The molecule has 3 aromatic rings. The molecule has 1 aromatic carbocycles. The van der Waals surface area contributed by atoms with Gasteiger partial charge in [-0.2, -0.15) is 0 Å².